The lowest BCUT2D eigenvalue weighted by Gasteiger charge is -2.36. The van der Waals surface area contributed by atoms with Gasteiger partial charge in [0.2, 0.25) is 0 Å². The van der Waals surface area contributed by atoms with E-state index in [-0.39, 0.29) is 11.0 Å². The number of hydrogen-bond donors (Lipinski definition) is 2. The summed E-state index contributed by atoms with van der Waals surface area (Å²) in [6.07, 6.45) is 1.98. The van der Waals surface area contributed by atoms with Gasteiger partial charge in [-0.2, -0.15) is 0 Å². The molecule has 0 saturated heterocycles. The Bertz CT molecular complexity index is 247. The molecule has 96 valence electrons. The molecule has 0 bridgehead atoms. The van der Waals surface area contributed by atoms with Crippen molar-refractivity contribution in [3.8, 4) is 0 Å². The maximum atomic E-state index is 8.69. The molecule has 0 spiro atoms. The molecule has 0 heterocycles. The molecule has 16 heavy (non-hydrogen) atoms. The summed E-state index contributed by atoms with van der Waals surface area (Å²) in [7, 11) is 2.12. The third-order valence-corrected chi connectivity index (χ3v) is 3.77. The first-order valence-electron chi connectivity index (χ1n) is 5.86. The van der Waals surface area contributed by atoms with E-state index in [1.807, 2.05) is 13.8 Å². The van der Waals surface area contributed by atoms with E-state index in [4.69, 9.17) is 10.9 Å². The second kappa shape index (κ2) is 5.53. The zero-order chi connectivity index (χ0) is 13.0. The van der Waals surface area contributed by atoms with E-state index in [0.717, 1.165) is 19.4 Å². The zero-order valence-electron chi connectivity index (χ0n) is 11.5. The van der Waals surface area contributed by atoms with Crippen LogP contribution in [0.25, 0.3) is 0 Å². The number of nitrogens with two attached hydrogens (primary N) is 1. The van der Waals surface area contributed by atoms with Crippen molar-refractivity contribution >= 4 is 5.84 Å². The predicted molar refractivity (Wildman–Crippen MR) is 68.8 cm³/mol. The number of oxime groups is 1. The van der Waals surface area contributed by atoms with Crippen LogP contribution in [0.2, 0.25) is 0 Å². The molecule has 0 aromatic heterocycles. The van der Waals surface area contributed by atoms with Crippen molar-refractivity contribution in [3.63, 3.8) is 0 Å². The maximum Gasteiger partial charge on any atom is 0.144 e. The van der Waals surface area contributed by atoms with E-state index in [9.17, 15) is 0 Å². The van der Waals surface area contributed by atoms with Crippen molar-refractivity contribution in [1.82, 2.24) is 4.90 Å². The maximum absolute atomic E-state index is 8.69. The average molecular weight is 229 g/mol. The van der Waals surface area contributed by atoms with Gasteiger partial charge in [0, 0.05) is 11.0 Å². The number of rotatable bonds is 6. The second-order valence-electron chi connectivity index (χ2n) is 5.71. The molecule has 0 unspecified atom stereocenters. The molecule has 0 aliphatic rings. The molecule has 0 aromatic carbocycles. The lowest BCUT2D eigenvalue weighted by molar-refractivity contribution is 0.138. The molecular formula is C12H27N3O. The number of hydrogen-bond acceptors (Lipinski definition) is 3. The van der Waals surface area contributed by atoms with Crippen LogP contribution in [0.15, 0.2) is 5.16 Å². The van der Waals surface area contributed by atoms with Gasteiger partial charge in [0.1, 0.15) is 5.84 Å². The van der Waals surface area contributed by atoms with Crippen molar-refractivity contribution in [1.29, 1.82) is 0 Å². The summed E-state index contributed by atoms with van der Waals surface area (Å²) >= 11 is 0. The van der Waals surface area contributed by atoms with E-state index in [1.165, 1.54) is 0 Å². The fraction of sp³-hybridized carbons (Fsp3) is 0.917. The molecule has 0 radical (unpaired) electrons. The zero-order valence-corrected chi connectivity index (χ0v) is 11.5. The quantitative estimate of drug-likeness (QED) is 0.318. The summed E-state index contributed by atoms with van der Waals surface area (Å²) in [5, 5.41) is 11.8. The van der Waals surface area contributed by atoms with Crippen LogP contribution in [0.5, 0.6) is 0 Å². The van der Waals surface area contributed by atoms with Gasteiger partial charge < -0.3 is 15.8 Å². The van der Waals surface area contributed by atoms with Gasteiger partial charge in [0.05, 0.1) is 0 Å². The van der Waals surface area contributed by atoms with E-state index < -0.39 is 0 Å². The van der Waals surface area contributed by atoms with Crippen LogP contribution >= 0.6 is 0 Å². The average Bonchev–Trinajstić information content (AvgIpc) is 2.24. The number of nitrogens with zero attached hydrogens (tertiary/aromatic N) is 2. The Kier molecular flexibility index (Phi) is 5.26. The monoisotopic (exact) mass is 229 g/mol. The summed E-state index contributed by atoms with van der Waals surface area (Å²) in [6, 6.07) is 0. The van der Waals surface area contributed by atoms with E-state index in [0.29, 0.717) is 5.84 Å². The van der Waals surface area contributed by atoms with Crippen LogP contribution in [0.4, 0.5) is 0 Å². The molecule has 0 aliphatic carbocycles. The van der Waals surface area contributed by atoms with Crippen LogP contribution < -0.4 is 5.73 Å². The van der Waals surface area contributed by atoms with E-state index in [1.54, 1.807) is 0 Å². The van der Waals surface area contributed by atoms with Gasteiger partial charge in [0.25, 0.3) is 0 Å². The summed E-state index contributed by atoms with van der Waals surface area (Å²) in [6.45, 7) is 11.6. The van der Waals surface area contributed by atoms with Crippen molar-refractivity contribution < 1.29 is 5.21 Å². The molecule has 4 nitrogen and oxygen atoms in total. The summed E-state index contributed by atoms with van der Waals surface area (Å²) in [5.74, 6) is 0.301. The van der Waals surface area contributed by atoms with Gasteiger partial charge in [-0.1, -0.05) is 25.9 Å². The Balaban J connectivity index is 4.36. The molecule has 3 N–H and O–H groups in total. The Morgan fingerprint density at radius 2 is 1.81 bits per heavy atom. The highest BCUT2D eigenvalue weighted by Gasteiger charge is 2.27. The fourth-order valence-electron chi connectivity index (χ4n) is 1.28. The molecule has 0 amide bonds. The molecule has 0 saturated carbocycles. The first kappa shape index (κ1) is 15.2. The lowest BCUT2D eigenvalue weighted by Crippen LogP contribution is -2.43. The highest BCUT2D eigenvalue weighted by molar-refractivity contribution is 5.85. The summed E-state index contributed by atoms with van der Waals surface area (Å²) in [5.41, 5.74) is 5.60. The second-order valence-corrected chi connectivity index (χ2v) is 5.71. The van der Waals surface area contributed by atoms with Crippen LogP contribution in [0.1, 0.15) is 47.5 Å². The SMILES string of the molecule is CCC(C)(C)N(C)CCC(C)(C)C(N)=NO. The standard InChI is InChI=1S/C12H27N3O/c1-7-12(4,5)15(6)9-8-11(2,3)10(13)14-16/h16H,7-9H2,1-6H3,(H2,13,14). The fourth-order valence-corrected chi connectivity index (χ4v) is 1.28. The van der Waals surface area contributed by atoms with Gasteiger partial charge in [-0.25, -0.2) is 0 Å². The Morgan fingerprint density at radius 1 is 1.31 bits per heavy atom. The molecular weight excluding hydrogens is 202 g/mol. The van der Waals surface area contributed by atoms with Crippen molar-refractivity contribution in [2.45, 2.75) is 53.0 Å². The Morgan fingerprint density at radius 3 is 2.19 bits per heavy atom. The van der Waals surface area contributed by atoms with E-state index >= 15 is 0 Å². The summed E-state index contributed by atoms with van der Waals surface area (Å²) < 4.78 is 0. The van der Waals surface area contributed by atoms with Gasteiger partial charge in [0.15, 0.2) is 0 Å². The first-order chi connectivity index (χ1) is 7.17. The van der Waals surface area contributed by atoms with Gasteiger partial charge in [-0.3, -0.25) is 0 Å². The van der Waals surface area contributed by atoms with Crippen LogP contribution in [0, 0.1) is 5.41 Å². The smallest absolute Gasteiger partial charge is 0.144 e. The highest BCUT2D eigenvalue weighted by Crippen LogP contribution is 2.24. The Hall–Kier alpha value is -0.770. The third kappa shape index (κ3) is 4.00. The summed E-state index contributed by atoms with van der Waals surface area (Å²) in [4.78, 5) is 2.32. The minimum Gasteiger partial charge on any atom is -0.409 e. The van der Waals surface area contributed by atoms with Crippen molar-refractivity contribution in [3.05, 3.63) is 0 Å². The van der Waals surface area contributed by atoms with Gasteiger partial charge >= 0.3 is 0 Å². The molecule has 0 atom stereocenters. The first-order valence-corrected chi connectivity index (χ1v) is 5.86. The minimum absolute atomic E-state index is 0.196. The number of amidine groups is 1. The van der Waals surface area contributed by atoms with Crippen LogP contribution in [0.3, 0.4) is 0 Å². The minimum atomic E-state index is -0.257. The van der Waals surface area contributed by atoms with E-state index in [2.05, 4.69) is 37.9 Å². The molecule has 4 heteroatoms. The molecule has 0 aromatic rings. The third-order valence-electron chi connectivity index (χ3n) is 3.77. The molecule has 0 rings (SSSR count). The van der Waals surface area contributed by atoms with Gasteiger partial charge in [-0.05, 0) is 40.3 Å². The molecule has 0 fully saturated rings. The lowest BCUT2D eigenvalue weighted by atomic mass is 9.87. The normalized spacial score (nSPS) is 14.6. The highest BCUT2D eigenvalue weighted by atomic mass is 16.4. The largest absolute Gasteiger partial charge is 0.409 e. The Labute approximate surface area is 99.5 Å². The van der Waals surface area contributed by atoms with Crippen molar-refractivity contribution in [2.24, 2.45) is 16.3 Å². The van der Waals surface area contributed by atoms with Crippen LogP contribution in [-0.4, -0.2) is 35.1 Å². The topological polar surface area (TPSA) is 61.8 Å². The van der Waals surface area contributed by atoms with Crippen molar-refractivity contribution in [2.75, 3.05) is 13.6 Å². The molecule has 0 aliphatic heterocycles. The van der Waals surface area contributed by atoms with Gasteiger partial charge in [-0.15, -0.1) is 0 Å². The van der Waals surface area contributed by atoms with Crippen LogP contribution in [-0.2, 0) is 0 Å². The predicted octanol–water partition coefficient (Wildman–Crippen LogP) is 2.27.